The van der Waals surface area contributed by atoms with E-state index in [4.69, 9.17) is 0 Å². The summed E-state index contributed by atoms with van der Waals surface area (Å²) in [5.41, 5.74) is 2.25. The lowest BCUT2D eigenvalue weighted by molar-refractivity contribution is 1.46. The Hall–Kier alpha value is -1.45. The first-order valence-electron chi connectivity index (χ1n) is 5.60. The summed E-state index contributed by atoms with van der Waals surface area (Å²) in [5.74, 6) is 0. The van der Waals surface area contributed by atoms with Crippen LogP contribution in [0.25, 0.3) is 22.4 Å². The third kappa shape index (κ3) is 2.52. The van der Waals surface area contributed by atoms with Crippen molar-refractivity contribution in [3.8, 4) is 0 Å². The molecular weight excluding hydrogens is 306 g/mol. The van der Waals surface area contributed by atoms with E-state index in [0.29, 0.717) is 0 Å². The molecule has 3 aromatic rings. The zero-order valence-corrected chi connectivity index (χ0v) is 11.9. The van der Waals surface area contributed by atoms with Crippen LogP contribution in [-0.2, 0) is 0 Å². The molecule has 0 spiro atoms. The van der Waals surface area contributed by atoms with Crippen molar-refractivity contribution in [2.24, 2.45) is 0 Å². The highest BCUT2D eigenvalue weighted by Gasteiger charge is 1.99. The van der Waals surface area contributed by atoms with Crippen LogP contribution < -0.4 is 0 Å². The van der Waals surface area contributed by atoms with Crippen LogP contribution in [0.15, 0.2) is 53.0 Å². The van der Waals surface area contributed by atoms with Gasteiger partial charge >= 0.3 is 0 Å². The van der Waals surface area contributed by atoms with Crippen molar-refractivity contribution < 1.29 is 0 Å². The highest BCUT2D eigenvalue weighted by atomic mass is 79.9. The van der Waals surface area contributed by atoms with E-state index in [9.17, 15) is 0 Å². The molecule has 2 aromatic carbocycles. The SMILES string of the molecule is Brc1ccc(/C=C/c2nc3ccccc3s2)cc1. The number of benzene rings is 2. The predicted octanol–water partition coefficient (Wildman–Crippen LogP) is 5.23. The van der Waals surface area contributed by atoms with Gasteiger partial charge in [-0.1, -0.05) is 46.3 Å². The summed E-state index contributed by atoms with van der Waals surface area (Å²) in [6.45, 7) is 0. The van der Waals surface area contributed by atoms with Crippen LogP contribution in [0, 0.1) is 0 Å². The molecule has 0 aliphatic rings. The number of hydrogen-bond donors (Lipinski definition) is 0. The summed E-state index contributed by atoms with van der Waals surface area (Å²) in [5, 5.41) is 1.04. The van der Waals surface area contributed by atoms with Crippen molar-refractivity contribution in [3.63, 3.8) is 0 Å². The van der Waals surface area contributed by atoms with Gasteiger partial charge in [-0.25, -0.2) is 4.98 Å². The topological polar surface area (TPSA) is 12.9 Å². The number of thiazole rings is 1. The Bertz CT molecular complexity index is 665. The van der Waals surface area contributed by atoms with Crippen LogP contribution in [0.1, 0.15) is 10.6 Å². The smallest absolute Gasteiger partial charge is 0.117 e. The Morgan fingerprint density at radius 3 is 2.50 bits per heavy atom. The average Bonchev–Trinajstić information content (AvgIpc) is 2.81. The Kier molecular flexibility index (Phi) is 3.26. The predicted molar refractivity (Wildman–Crippen MR) is 82.7 cm³/mol. The fraction of sp³-hybridized carbons (Fsp3) is 0. The van der Waals surface area contributed by atoms with Crippen LogP contribution in [0.2, 0.25) is 0 Å². The molecule has 1 nitrogen and oxygen atoms in total. The van der Waals surface area contributed by atoms with Crippen molar-refractivity contribution >= 4 is 49.6 Å². The summed E-state index contributed by atoms with van der Waals surface area (Å²) in [7, 11) is 0. The second-order valence-electron chi connectivity index (χ2n) is 3.90. The summed E-state index contributed by atoms with van der Waals surface area (Å²) in [6, 6.07) is 16.4. The van der Waals surface area contributed by atoms with Crippen LogP contribution in [0.3, 0.4) is 0 Å². The molecule has 1 aromatic heterocycles. The van der Waals surface area contributed by atoms with E-state index in [0.717, 1.165) is 15.0 Å². The summed E-state index contributed by atoms with van der Waals surface area (Å²) in [6.07, 6.45) is 4.15. The monoisotopic (exact) mass is 315 g/mol. The fourth-order valence-corrected chi connectivity index (χ4v) is 2.84. The maximum atomic E-state index is 4.57. The van der Waals surface area contributed by atoms with Crippen LogP contribution in [0.4, 0.5) is 0 Å². The van der Waals surface area contributed by atoms with Gasteiger partial charge in [-0.05, 0) is 35.9 Å². The molecule has 0 saturated carbocycles. The van der Waals surface area contributed by atoms with Crippen molar-refractivity contribution in [2.45, 2.75) is 0 Å². The Labute approximate surface area is 118 Å². The quantitative estimate of drug-likeness (QED) is 0.631. The van der Waals surface area contributed by atoms with Gasteiger partial charge < -0.3 is 0 Å². The van der Waals surface area contributed by atoms with Crippen LogP contribution in [-0.4, -0.2) is 4.98 Å². The number of rotatable bonds is 2. The number of fused-ring (bicyclic) bond motifs is 1. The van der Waals surface area contributed by atoms with Crippen LogP contribution >= 0.6 is 27.3 Å². The van der Waals surface area contributed by atoms with Crippen molar-refractivity contribution in [1.29, 1.82) is 0 Å². The molecular formula is C15H10BrNS. The average molecular weight is 316 g/mol. The van der Waals surface area contributed by atoms with Gasteiger partial charge in [0.1, 0.15) is 5.01 Å². The first-order chi connectivity index (χ1) is 8.81. The molecule has 88 valence electrons. The van der Waals surface area contributed by atoms with Gasteiger partial charge in [-0.15, -0.1) is 11.3 Å². The molecule has 1 heterocycles. The van der Waals surface area contributed by atoms with Crippen molar-refractivity contribution in [3.05, 3.63) is 63.6 Å². The molecule has 3 heteroatoms. The van der Waals surface area contributed by atoms with Gasteiger partial charge in [0.05, 0.1) is 10.2 Å². The number of aromatic nitrogens is 1. The lowest BCUT2D eigenvalue weighted by atomic mass is 10.2. The number of para-hydroxylation sites is 1. The standard InChI is InChI=1S/C15H10BrNS/c16-12-8-5-11(6-9-12)7-10-15-17-13-3-1-2-4-14(13)18-15/h1-10H/b10-7+. The zero-order valence-electron chi connectivity index (χ0n) is 9.51. The molecule has 0 bridgehead atoms. The Morgan fingerprint density at radius 2 is 1.72 bits per heavy atom. The van der Waals surface area contributed by atoms with E-state index < -0.39 is 0 Å². The first-order valence-corrected chi connectivity index (χ1v) is 7.21. The van der Waals surface area contributed by atoms with Crippen molar-refractivity contribution in [1.82, 2.24) is 4.98 Å². The third-order valence-corrected chi connectivity index (χ3v) is 4.13. The van der Waals surface area contributed by atoms with Gasteiger partial charge in [0.2, 0.25) is 0 Å². The van der Waals surface area contributed by atoms with Gasteiger partial charge in [-0.2, -0.15) is 0 Å². The second kappa shape index (κ2) is 5.04. The maximum Gasteiger partial charge on any atom is 0.117 e. The molecule has 0 amide bonds. The molecule has 18 heavy (non-hydrogen) atoms. The van der Waals surface area contributed by atoms with Gasteiger partial charge in [0.15, 0.2) is 0 Å². The molecule has 3 rings (SSSR count). The van der Waals surface area contributed by atoms with E-state index in [1.54, 1.807) is 11.3 Å². The van der Waals surface area contributed by atoms with Gasteiger partial charge in [0, 0.05) is 4.47 Å². The molecule has 0 atom stereocenters. The Morgan fingerprint density at radius 1 is 0.944 bits per heavy atom. The van der Waals surface area contributed by atoms with Crippen LogP contribution in [0.5, 0.6) is 0 Å². The normalized spacial score (nSPS) is 11.4. The molecule has 0 saturated heterocycles. The minimum Gasteiger partial charge on any atom is -0.237 e. The largest absolute Gasteiger partial charge is 0.237 e. The highest BCUT2D eigenvalue weighted by molar-refractivity contribution is 9.10. The van der Waals surface area contributed by atoms with E-state index in [2.05, 4.69) is 51.3 Å². The zero-order chi connectivity index (χ0) is 12.4. The van der Waals surface area contributed by atoms with Gasteiger partial charge in [0.25, 0.3) is 0 Å². The number of hydrogen-bond acceptors (Lipinski definition) is 2. The number of halogens is 1. The third-order valence-electron chi connectivity index (χ3n) is 2.60. The summed E-state index contributed by atoms with van der Waals surface area (Å²) < 4.78 is 2.33. The molecule has 0 N–H and O–H groups in total. The number of nitrogens with zero attached hydrogens (tertiary/aromatic N) is 1. The van der Waals surface area contributed by atoms with Crippen molar-refractivity contribution in [2.75, 3.05) is 0 Å². The maximum absolute atomic E-state index is 4.57. The lowest BCUT2D eigenvalue weighted by Gasteiger charge is -1.92. The molecule has 0 aliphatic carbocycles. The van der Waals surface area contributed by atoms with E-state index in [1.165, 1.54) is 10.3 Å². The molecule has 0 radical (unpaired) electrons. The molecule has 0 unspecified atom stereocenters. The fourth-order valence-electron chi connectivity index (χ4n) is 1.70. The molecule has 0 fully saturated rings. The van der Waals surface area contributed by atoms with E-state index in [-0.39, 0.29) is 0 Å². The minimum atomic E-state index is 1.04. The minimum absolute atomic E-state index is 1.04. The van der Waals surface area contributed by atoms with E-state index >= 15 is 0 Å². The summed E-state index contributed by atoms with van der Waals surface area (Å²) in [4.78, 5) is 4.57. The lowest BCUT2D eigenvalue weighted by Crippen LogP contribution is -1.71. The first kappa shape index (κ1) is 11.6. The molecule has 0 aliphatic heterocycles. The van der Waals surface area contributed by atoms with Gasteiger partial charge in [-0.3, -0.25) is 0 Å². The Balaban J connectivity index is 1.89. The second-order valence-corrected chi connectivity index (χ2v) is 5.88. The highest BCUT2D eigenvalue weighted by Crippen LogP contribution is 2.23. The van der Waals surface area contributed by atoms with E-state index in [1.807, 2.05) is 30.3 Å². The summed E-state index contributed by atoms with van der Waals surface area (Å²) >= 11 is 5.14.